The summed E-state index contributed by atoms with van der Waals surface area (Å²) in [5.74, 6) is 0.0790. The van der Waals surface area contributed by atoms with Crippen LogP contribution in [0.25, 0.3) is 0 Å². The molecule has 196 valence electrons. The molecule has 1 aromatic carbocycles. The SMILES string of the molecule is COc1cc(C2CCC2)c(F)c(COc2cnc(Nc3ccc(CN4CCN(C)CC4)cn3)nc2)c1F. The average molecular weight is 511 g/mol. The number of likely N-dealkylation sites (N-methyl/N-ethyl adjacent to an activating group) is 1. The molecule has 5 rings (SSSR count). The topological polar surface area (TPSA) is 75.6 Å². The van der Waals surface area contributed by atoms with Crippen molar-refractivity contribution in [2.24, 2.45) is 0 Å². The molecule has 0 amide bonds. The molecule has 1 aliphatic heterocycles. The van der Waals surface area contributed by atoms with Crippen molar-refractivity contribution in [2.75, 3.05) is 45.7 Å². The van der Waals surface area contributed by atoms with Crippen molar-refractivity contribution in [3.8, 4) is 11.5 Å². The highest BCUT2D eigenvalue weighted by Gasteiger charge is 2.28. The summed E-state index contributed by atoms with van der Waals surface area (Å²) in [6, 6.07) is 5.40. The van der Waals surface area contributed by atoms with Crippen molar-refractivity contribution in [2.45, 2.75) is 38.3 Å². The average Bonchev–Trinajstić information content (AvgIpc) is 2.88. The van der Waals surface area contributed by atoms with Gasteiger partial charge in [-0.1, -0.05) is 12.5 Å². The van der Waals surface area contributed by atoms with Crippen LogP contribution < -0.4 is 14.8 Å². The third-order valence-corrected chi connectivity index (χ3v) is 7.13. The summed E-state index contributed by atoms with van der Waals surface area (Å²) in [5.41, 5.74) is 1.49. The van der Waals surface area contributed by atoms with E-state index in [0.29, 0.717) is 23.1 Å². The molecule has 0 spiro atoms. The molecule has 8 nitrogen and oxygen atoms in total. The molecule has 10 heteroatoms. The molecule has 1 saturated heterocycles. The Bertz CT molecular complexity index is 1200. The maximum Gasteiger partial charge on any atom is 0.228 e. The first-order valence-electron chi connectivity index (χ1n) is 12.6. The van der Waals surface area contributed by atoms with Gasteiger partial charge in [0.25, 0.3) is 0 Å². The Labute approximate surface area is 215 Å². The summed E-state index contributed by atoms with van der Waals surface area (Å²) >= 11 is 0. The highest BCUT2D eigenvalue weighted by Crippen LogP contribution is 2.41. The number of hydrogen-bond acceptors (Lipinski definition) is 8. The van der Waals surface area contributed by atoms with E-state index in [0.717, 1.165) is 57.5 Å². The lowest BCUT2D eigenvalue weighted by molar-refractivity contribution is 0.148. The summed E-state index contributed by atoms with van der Waals surface area (Å²) < 4.78 is 40.6. The van der Waals surface area contributed by atoms with Gasteiger partial charge in [0.2, 0.25) is 5.95 Å². The third-order valence-electron chi connectivity index (χ3n) is 7.13. The molecule has 0 unspecified atom stereocenters. The number of piperazine rings is 1. The van der Waals surface area contributed by atoms with Crippen molar-refractivity contribution < 1.29 is 18.3 Å². The number of hydrogen-bond donors (Lipinski definition) is 1. The van der Waals surface area contributed by atoms with Gasteiger partial charge in [-0.3, -0.25) is 4.90 Å². The number of ether oxygens (including phenoxy) is 2. The lowest BCUT2D eigenvalue weighted by atomic mass is 9.79. The van der Waals surface area contributed by atoms with Gasteiger partial charge < -0.3 is 19.7 Å². The van der Waals surface area contributed by atoms with Crippen LogP contribution in [0, 0.1) is 11.6 Å². The second kappa shape index (κ2) is 11.4. The molecule has 1 saturated carbocycles. The number of halogens is 2. The molecule has 0 bridgehead atoms. The van der Waals surface area contributed by atoms with E-state index in [2.05, 4.69) is 37.1 Å². The molecule has 0 atom stereocenters. The quantitative estimate of drug-likeness (QED) is 0.451. The second-order valence-electron chi connectivity index (χ2n) is 9.69. The number of rotatable bonds is 9. The zero-order valence-corrected chi connectivity index (χ0v) is 21.2. The largest absolute Gasteiger partial charge is 0.494 e. The molecule has 3 heterocycles. The summed E-state index contributed by atoms with van der Waals surface area (Å²) in [6.07, 6.45) is 7.60. The van der Waals surface area contributed by atoms with Gasteiger partial charge in [0.05, 0.1) is 25.1 Å². The third kappa shape index (κ3) is 5.97. The smallest absolute Gasteiger partial charge is 0.228 e. The summed E-state index contributed by atoms with van der Waals surface area (Å²) in [6.45, 7) is 4.85. The van der Waals surface area contributed by atoms with Crippen molar-refractivity contribution >= 4 is 11.8 Å². The predicted molar refractivity (Wildman–Crippen MR) is 136 cm³/mol. The van der Waals surface area contributed by atoms with Crippen LogP contribution in [-0.2, 0) is 13.2 Å². The number of anilines is 2. The van der Waals surface area contributed by atoms with Crippen LogP contribution in [-0.4, -0.2) is 65.1 Å². The van der Waals surface area contributed by atoms with E-state index in [1.807, 2.05) is 18.3 Å². The predicted octanol–water partition coefficient (Wildman–Crippen LogP) is 4.50. The van der Waals surface area contributed by atoms with Crippen LogP contribution in [0.5, 0.6) is 11.5 Å². The van der Waals surface area contributed by atoms with Crippen molar-refractivity contribution in [3.05, 3.63) is 65.1 Å². The molecule has 2 fully saturated rings. The molecule has 2 aromatic heterocycles. The van der Waals surface area contributed by atoms with Crippen LogP contribution in [0.15, 0.2) is 36.8 Å². The zero-order chi connectivity index (χ0) is 25.8. The van der Waals surface area contributed by atoms with E-state index in [4.69, 9.17) is 9.47 Å². The molecule has 1 aliphatic carbocycles. The second-order valence-corrected chi connectivity index (χ2v) is 9.69. The number of benzene rings is 1. The van der Waals surface area contributed by atoms with Crippen LogP contribution in [0.1, 0.15) is 41.9 Å². The maximum atomic E-state index is 15.1. The van der Waals surface area contributed by atoms with Gasteiger partial charge in [0, 0.05) is 38.9 Å². The Balaban J connectivity index is 1.18. The molecule has 0 radical (unpaired) electrons. The van der Waals surface area contributed by atoms with Gasteiger partial charge in [0.1, 0.15) is 18.2 Å². The Morgan fingerprint density at radius 1 is 1.00 bits per heavy atom. The van der Waals surface area contributed by atoms with E-state index in [1.165, 1.54) is 25.6 Å². The van der Waals surface area contributed by atoms with Crippen molar-refractivity contribution in [3.63, 3.8) is 0 Å². The number of pyridine rings is 1. The molecule has 37 heavy (non-hydrogen) atoms. The number of methoxy groups -OCH3 is 1. The van der Waals surface area contributed by atoms with Crippen LogP contribution >= 0.6 is 0 Å². The van der Waals surface area contributed by atoms with Crippen LogP contribution in [0.3, 0.4) is 0 Å². The minimum absolute atomic E-state index is 0.0275. The highest BCUT2D eigenvalue weighted by atomic mass is 19.1. The van der Waals surface area contributed by atoms with Crippen molar-refractivity contribution in [1.82, 2.24) is 24.8 Å². The molecular formula is C27H32F2N6O2. The summed E-state index contributed by atoms with van der Waals surface area (Å²) in [4.78, 5) is 17.7. The summed E-state index contributed by atoms with van der Waals surface area (Å²) in [7, 11) is 3.52. The zero-order valence-electron chi connectivity index (χ0n) is 21.2. The van der Waals surface area contributed by atoms with Gasteiger partial charge in [0.15, 0.2) is 17.3 Å². The first-order valence-corrected chi connectivity index (χ1v) is 12.6. The lowest BCUT2D eigenvalue weighted by Crippen LogP contribution is -2.43. The Morgan fingerprint density at radius 3 is 2.38 bits per heavy atom. The minimum Gasteiger partial charge on any atom is -0.494 e. The number of nitrogens with one attached hydrogen (secondary N) is 1. The first kappa shape index (κ1) is 25.3. The Hall–Kier alpha value is -3.37. The van der Waals surface area contributed by atoms with E-state index in [1.54, 1.807) is 0 Å². The lowest BCUT2D eigenvalue weighted by Gasteiger charge is -2.32. The van der Waals surface area contributed by atoms with Crippen LogP contribution in [0.2, 0.25) is 0 Å². The van der Waals surface area contributed by atoms with Crippen LogP contribution in [0.4, 0.5) is 20.5 Å². The standard InChI is InChI=1S/C27H32F2N6O2/c1-34-8-10-35(11-9-34)16-18-6-7-24(30-13-18)33-27-31-14-20(15-32-27)37-17-22-25(28)21(19-4-3-5-19)12-23(36-2)26(22)29/h6-7,12-15,19H,3-5,8-11,16-17H2,1-2H3,(H,30,31,32,33). The van der Waals surface area contributed by atoms with Gasteiger partial charge in [-0.25, -0.2) is 23.7 Å². The van der Waals surface area contributed by atoms with Gasteiger partial charge in [-0.15, -0.1) is 0 Å². The fraction of sp³-hybridized carbons (Fsp3) is 0.444. The number of nitrogens with zero attached hydrogens (tertiary/aromatic N) is 5. The Morgan fingerprint density at radius 2 is 1.76 bits per heavy atom. The fourth-order valence-electron chi connectivity index (χ4n) is 4.56. The normalized spacial score (nSPS) is 16.9. The fourth-order valence-corrected chi connectivity index (χ4v) is 4.56. The minimum atomic E-state index is -0.746. The first-order chi connectivity index (χ1) is 18.0. The Kier molecular flexibility index (Phi) is 7.76. The van der Waals surface area contributed by atoms with Gasteiger partial charge >= 0.3 is 0 Å². The monoisotopic (exact) mass is 510 g/mol. The number of aromatic nitrogens is 3. The van der Waals surface area contributed by atoms with E-state index < -0.39 is 11.6 Å². The molecule has 1 N–H and O–H groups in total. The van der Waals surface area contributed by atoms with E-state index in [9.17, 15) is 4.39 Å². The van der Waals surface area contributed by atoms with Gasteiger partial charge in [-0.2, -0.15) is 0 Å². The molecule has 2 aliphatic rings. The highest BCUT2D eigenvalue weighted by molar-refractivity contribution is 5.47. The molecular weight excluding hydrogens is 478 g/mol. The van der Waals surface area contributed by atoms with E-state index in [-0.39, 0.29) is 23.8 Å². The van der Waals surface area contributed by atoms with E-state index >= 15 is 4.39 Å². The molecule has 3 aromatic rings. The summed E-state index contributed by atoms with van der Waals surface area (Å²) in [5, 5.41) is 3.06. The maximum absolute atomic E-state index is 15.1. The van der Waals surface area contributed by atoms with Gasteiger partial charge in [-0.05, 0) is 49.1 Å². The van der Waals surface area contributed by atoms with Crippen molar-refractivity contribution in [1.29, 1.82) is 0 Å².